The zero-order chi connectivity index (χ0) is 24.3. The number of hydrogen-bond acceptors (Lipinski definition) is 5. The van der Waals surface area contributed by atoms with E-state index in [1.54, 1.807) is 24.3 Å². The van der Waals surface area contributed by atoms with Crippen LogP contribution in [0.3, 0.4) is 0 Å². The minimum Gasteiger partial charge on any atom is -0.491 e. The number of carboxylic acids is 1. The fraction of sp³-hybridized carbons (Fsp3) is 0.654. The fourth-order valence-corrected chi connectivity index (χ4v) is 5.07. The number of alkyl halides is 1. The Bertz CT molecular complexity index is 827. The Hall–Kier alpha value is -2.48. The van der Waals surface area contributed by atoms with Gasteiger partial charge in [-0.1, -0.05) is 12.1 Å². The molecule has 2 N–H and O–H groups in total. The van der Waals surface area contributed by atoms with Crippen molar-refractivity contribution in [3.05, 3.63) is 29.8 Å². The summed E-state index contributed by atoms with van der Waals surface area (Å²) in [4.78, 5) is 39.3. The summed E-state index contributed by atoms with van der Waals surface area (Å²) < 4.78 is 17.8. The molecule has 2 atom stereocenters. The van der Waals surface area contributed by atoms with Crippen molar-refractivity contribution in [2.75, 3.05) is 39.5 Å². The number of Topliss-reactive ketones (excluding diaryl/α,β-unsaturated/α-hetero) is 1. The number of hydrogen-bond donors (Lipinski definition) is 2. The van der Waals surface area contributed by atoms with E-state index in [2.05, 4.69) is 5.32 Å². The number of carbonyl (C=O) groups excluding carboxylic acids is 2. The van der Waals surface area contributed by atoms with Crippen LogP contribution in [0.4, 0.5) is 4.39 Å². The molecule has 2 fully saturated rings. The van der Waals surface area contributed by atoms with E-state index < -0.39 is 18.6 Å². The smallest absolute Gasteiger partial charge is 0.303 e. The first-order valence-corrected chi connectivity index (χ1v) is 12.5. The minimum absolute atomic E-state index is 0.00261. The molecule has 34 heavy (non-hydrogen) atoms. The van der Waals surface area contributed by atoms with Crippen molar-refractivity contribution in [1.82, 2.24) is 10.2 Å². The van der Waals surface area contributed by atoms with Gasteiger partial charge in [0.2, 0.25) is 5.91 Å². The molecule has 0 radical (unpaired) electrons. The SMILES string of the molecule is O=C(O)C[C@H](CC(=O)[C@@H]1CCCN(C(=O)CCC2CCNCC2)C1)c1cccc(OCC[18F])c1. The zero-order valence-electron chi connectivity index (χ0n) is 19.8. The van der Waals surface area contributed by atoms with Crippen molar-refractivity contribution < 1.29 is 28.6 Å². The number of halogens is 1. The molecule has 3 rings (SSSR count). The van der Waals surface area contributed by atoms with E-state index >= 15 is 0 Å². The lowest BCUT2D eigenvalue weighted by Crippen LogP contribution is -2.42. The number of amides is 1. The molecule has 2 aliphatic heterocycles. The van der Waals surface area contributed by atoms with Gasteiger partial charge in [-0.05, 0) is 68.8 Å². The highest BCUT2D eigenvalue weighted by Gasteiger charge is 2.31. The third kappa shape index (κ3) is 8.08. The van der Waals surface area contributed by atoms with Gasteiger partial charge < -0.3 is 20.1 Å². The molecule has 1 aromatic carbocycles. The molecule has 0 unspecified atom stereocenters. The predicted molar refractivity (Wildman–Crippen MR) is 127 cm³/mol. The van der Waals surface area contributed by atoms with E-state index in [1.165, 1.54) is 0 Å². The summed E-state index contributed by atoms with van der Waals surface area (Å²) in [5, 5.41) is 12.8. The van der Waals surface area contributed by atoms with Gasteiger partial charge in [0.15, 0.2) is 0 Å². The number of carbonyl (C=O) groups is 3. The summed E-state index contributed by atoms with van der Waals surface area (Å²) in [5.74, 6) is -0.571. The normalized spacial score (nSPS) is 20.0. The fourth-order valence-electron chi connectivity index (χ4n) is 5.07. The number of benzene rings is 1. The molecule has 0 spiro atoms. The number of ether oxygens (including phenoxy) is 1. The quantitative estimate of drug-likeness (QED) is 0.480. The van der Waals surface area contributed by atoms with Crippen molar-refractivity contribution in [3.63, 3.8) is 0 Å². The van der Waals surface area contributed by atoms with Crippen molar-refractivity contribution >= 4 is 17.7 Å². The van der Waals surface area contributed by atoms with Crippen LogP contribution in [0.15, 0.2) is 24.3 Å². The number of aliphatic carboxylic acids is 1. The molecule has 188 valence electrons. The molecule has 7 nitrogen and oxygen atoms in total. The lowest BCUT2D eigenvalue weighted by Gasteiger charge is -2.33. The van der Waals surface area contributed by atoms with E-state index in [0.717, 1.165) is 45.2 Å². The number of carboxylic acid groups (broad SMARTS) is 1. The number of ketones is 1. The van der Waals surface area contributed by atoms with Gasteiger partial charge in [0.1, 0.15) is 24.8 Å². The average molecular weight is 476 g/mol. The summed E-state index contributed by atoms with van der Waals surface area (Å²) >= 11 is 0. The van der Waals surface area contributed by atoms with Gasteiger partial charge in [-0.25, -0.2) is 4.39 Å². The first kappa shape index (κ1) is 26.1. The first-order chi connectivity index (χ1) is 16.5. The van der Waals surface area contributed by atoms with Crippen LogP contribution in [-0.4, -0.2) is 67.1 Å². The number of piperidine rings is 2. The predicted octanol–water partition coefficient (Wildman–Crippen LogP) is 3.57. The van der Waals surface area contributed by atoms with Crippen LogP contribution in [0.2, 0.25) is 0 Å². The second-order valence-electron chi connectivity index (χ2n) is 9.49. The highest BCUT2D eigenvalue weighted by Crippen LogP contribution is 2.30. The standard InChI is InChI=1S/C26H37FN2O5/c27-10-14-34-23-5-1-3-20(15-23)22(17-26(32)33)16-24(30)21-4-2-13-29(18-21)25(31)7-6-19-8-11-28-12-9-19/h1,3,5,15,19,21-22,28H,2,4,6-14,16-18H2,(H,32,33)/t21-,22+/m1/s1/i27-1. The van der Waals surface area contributed by atoms with Crippen molar-refractivity contribution in [3.8, 4) is 5.75 Å². The van der Waals surface area contributed by atoms with Crippen LogP contribution in [0.25, 0.3) is 0 Å². The molecule has 8 heteroatoms. The summed E-state index contributed by atoms with van der Waals surface area (Å²) in [6, 6.07) is 6.88. The molecule has 2 heterocycles. The summed E-state index contributed by atoms with van der Waals surface area (Å²) in [7, 11) is 0. The number of rotatable bonds is 12. The Morgan fingerprint density at radius 3 is 2.71 bits per heavy atom. The number of nitrogens with zero attached hydrogens (tertiary/aromatic N) is 1. The van der Waals surface area contributed by atoms with Gasteiger partial charge in [-0.2, -0.15) is 0 Å². The summed E-state index contributed by atoms with van der Waals surface area (Å²) in [6.45, 7) is 2.44. The van der Waals surface area contributed by atoms with Gasteiger partial charge in [0, 0.05) is 37.8 Å². The largest absolute Gasteiger partial charge is 0.491 e. The van der Waals surface area contributed by atoms with E-state index in [-0.39, 0.29) is 37.1 Å². The van der Waals surface area contributed by atoms with Crippen molar-refractivity contribution in [2.45, 2.75) is 57.3 Å². The minimum atomic E-state index is -0.980. The second-order valence-corrected chi connectivity index (χ2v) is 9.49. The molecule has 1 aromatic rings. The molecule has 0 aromatic heterocycles. The van der Waals surface area contributed by atoms with Crippen molar-refractivity contribution in [2.24, 2.45) is 11.8 Å². The van der Waals surface area contributed by atoms with E-state index in [9.17, 15) is 23.9 Å². The maximum absolute atomic E-state index is 13.2. The highest BCUT2D eigenvalue weighted by atomic mass is 18.2. The molecule has 2 aliphatic rings. The Morgan fingerprint density at radius 2 is 1.97 bits per heavy atom. The zero-order valence-corrected chi connectivity index (χ0v) is 19.8. The maximum atomic E-state index is 13.2. The van der Waals surface area contributed by atoms with Gasteiger partial charge in [0.25, 0.3) is 0 Å². The first-order valence-electron chi connectivity index (χ1n) is 12.5. The topological polar surface area (TPSA) is 95.9 Å². The molecular weight excluding hydrogens is 438 g/mol. The van der Waals surface area contributed by atoms with Crippen LogP contribution in [0.5, 0.6) is 5.75 Å². The molecule has 0 saturated carbocycles. The molecule has 1 amide bonds. The van der Waals surface area contributed by atoms with Crippen LogP contribution in [0, 0.1) is 11.8 Å². The molecule has 2 saturated heterocycles. The Balaban J connectivity index is 1.57. The van der Waals surface area contributed by atoms with Crippen LogP contribution in [-0.2, 0) is 14.4 Å². The molecular formula is C26H37FN2O5. The lowest BCUT2D eigenvalue weighted by atomic mass is 9.84. The third-order valence-corrected chi connectivity index (χ3v) is 7.00. The number of likely N-dealkylation sites (tertiary alicyclic amines) is 1. The van der Waals surface area contributed by atoms with Gasteiger partial charge in [0.05, 0.1) is 6.42 Å². The van der Waals surface area contributed by atoms with E-state index in [4.69, 9.17) is 4.74 Å². The van der Waals surface area contributed by atoms with Gasteiger partial charge >= 0.3 is 5.97 Å². The Morgan fingerprint density at radius 1 is 1.18 bits per heavy atom. The average Bonchev–Trinajstić information content (AvgIpc) is 2.86. The molecule has 0 bridgehead atoms. The van der Waals surface area contributed by atoms with E-state index in [0.29, 0.717) is 36.7 Å². The third-order valence-electron chi connectivity index (χ3n) is 7.00. The Kier molecular flexibility index (Phi) is 10.3. The van der Waals surface area contributed by atoms with Crippen LogP contribution >= 0.6 is 0 Å². The van der Waals surface area contributed by atoms with Gasteiger partial charge in [-0.3, -0.25) is 14.4 Å². The number of nitrogens with one attached hydrogen (secondary N) is 1. The summed E-state index contributed by atoms with van der Waals surface area (Å²) in [5.41, 5.74) is 0.692. The van der Waals surface area contributed by atoms with Crippen LogP contribution in [0.1, 0.15) is 62.8 Å². The van der Waals surface area contributed by atoms with Gasteiger partial charge in [-0.15, -0.1) is 0 Å². The second kappa shape index (κ2) is 13.4. The molecule has 0 aliphatic carbocycles. The highest BCUT2D eigenvalue weighted by molar-refractivity contribution is 5.84. The lowest BCUT2D eigenvalue weighted by molar-refractivity contribution is -0.137. The van der Waals surface area contributed by atoms with Crippen molar-refractivity contribution in [1.29, 1.82) is 0 Å². The van der Waals surface area contributed by atoms with Crippen LogP contribution < -0.4 is 10.1 Å². The maximum Gasteiger partial charge on any atom is 0.303 e. The monoisotopic (exact) mass is 475 g/mol. The Labute approximate surface area is 201 Å². The summed E-state index contributed by atoms with van der Waals surface area (Å²) in [6.07, 6.45) is 5.07. The van der Waals surface area contributed by atoms with E-state index in [1.807, 2.05) is 4.90 Å².